The molecule has 0 radical (unpaired) electrons. The highest BCUT2D eigenvalue weighted by molar-refractivity contribution is 5.90. The van der Waals surface area contributed by atoms with Crippen LogP contribution in [-0.2, 0) is 11.3 Å². The van der Waals surface area contributed by atoms with E-state index in [4.69, 9.17) is 0 Å². The number of carbonyl (C=O) groups excluding carboxylic acids is 1. The van der Waals surface area contributed by atoms with Crippen molar-refractivity contribution in [2.45, 2.75) is 13.5 Å². The minimum atomic E-state index is -0.151. The summed E-state index contributed by atoms with van der Waals surface area (Å²) < 4.78 is 1.53. The molecule has 0 aliphatic rings. The van der Waals surface area contributed by atoms with Crippen molar-refractivity contribution < 1.29 is 4.79 Å². The first-order valence-corrected chi connectivity index (χ1v) is 4.80. The van der Waals surface area contributed by atoms with Crippen LogP contribution < -0.4 is 5.32 Å². The van der Waals surface area contributed by atoms with Crippen LogP contribution in [-0.4, -0.2) is 25.9 Å². The van der Waals surface area contributed by atoms with Gasteiger partial charge in [-0.15, -0.1) is 5.10 Å². The van der Waals surface area contributed by atoms with Gasteiger partial charge in [-0.2, -0.15) is 0 Å². The van der Waals surface area contributed by atoms with E-state index in [-0.39, 0.29) is 12.5 Å². The van der Waals surface area contributed by atoms with Gasteiger partial charge in [0.15, 0.2) is 0 Å². The maximum absolute atomic E-state index is 11.6. The molecule has 0 aromatic carbocycles. The van der Waals surface area contributed by atoms with E-state index in [0.717, 1.165) is 5.69 Å². The van der Waals surface area contributed by atoms with Gasteiger partial charge >= 0.3 is 0 Å². The zero-order valence-electron chi connectivity index (χ0n) is 8.79. The molecule has 16 heavy (non-hydrogen) atoms. The average Bonchev–Trinajstić information content (AvgIpc) is 2.66. The maximum Gasteiger partial charge on any atom is 0.246 e. The van der Waals surface area contributed by atoms with Crippen molar-refractivity contribution in [3.63, 3.8) is 0 Å². The van der Waals surface area contributed by atoms with E-state index in [1.807, 2.05) is 6.92 Å². The number of carbonyl (C=O) groups is 1. The fourth-order valence-corrected chi connectivity index (χ4v) is 1.24. The van der Waals surface area contributed by atoms with Crippen LogP contribution in [0.2, 0.25) is 0 Å². The van der Waals surface area contributed by atoms with Crippen LogP contribution in [0, 0.1) is 6.92 Å². The standard InChI is InChI=1S/C10H11N5O/c1-8-5-12-14-15(8)7-10(16)13-9-3-2-4-11-6-9/h2-6H,7H2,1H3,(H,13,16). The van der Waals surface area contributed by atoms with E-state index in [2.05, 4.69) is 20.6 Å². The van der Waals surface area contributed by atoms with Gasteiger partial charge in [0.05, 0.1) is 23.8 Å². The molecule has 0 saturated carbocycles. The number of aromatic nitrogens is 4. The third kappa shape index (κ3) is 2.41. The molecule has 6 heteroatoms. The Hall–Kier alpha value is -2.24. The summed E-state index contributed by atoms with van der Waals surface area (Å²) >= 11 is 0. The highest BCUT2D eigenvalue weighted by atomic mass is 16.2. The monoisotopic (exact) mass is 217 g/mol. The van der Waals surface area contributed by atoms with Gasteiger partial charge in [0.1, 0.15) is 6.54 Å². The molecular weight excluding hydrogens is 206 g/mol. The summed E-state index contributed by atoms with van der Waals surface area (Å²) in [6.07, 6.45) is 4.85. The molecule has 0 aliphatic heterocycles. The Bertz CT molecular complexity index is 479. The first kappa shape index (κ1) is 10.3. The van der Waals surface area contributed by atoms with Gasteiger partial charge in [-0.1, -0.05) is 5.21 Å². The van der Waals surface area contributed by atoms with Crippen LogP contribution >= 0.6 is 0 Å². The van der Waals surface area contributed by atoms with Gasteiger partial charge in [-0.05, 0) is 19.1 Å². The average molecular weight is 217 g/mol. The summed E-state index contributed by atoms with van der Waals surface area (Å²) in [5, 5.41) is 10.2. The van der Waals surface area contributed by atoms with Crippen molar-refractivity contribution in [3.05, 3.63) is 36.4 Å². The van der Waals surface area contributed by atoms with Gasteiger partial charge in [0.25, 0.3) is 0 Å². The number of anilines is 1. The molecule has 0 unspecified atom stereocenters. The number of nitrogens with zero attached hydrogens (tertiary/aromatic N) is 4. The van der Waals surface area contributed by atoms with Gasteiger partial charge < -0.3 is 5.32 Å². The van der Waals surface area contributed by atoms with Crippen LogP contribution in [0.15, 0.2) is 30.7 Å². The van der Waals surface area contributed by atoms with E-state index >= 15 is 0 Å². The maximum atomic E-state index is 11.6. The smallest absolute Gasteiger partial charge is 0.246 e. The Morgan fingerprint density at radius 2 is 2.38 bits per heavy atom. The van der Waals surface area contributed by atoms with Crippen LogP contribution in [0.25, 0.3) is 0 Å². The van der Waals surface area contributed by atoms with Gasteiger partial charge in [0.2, 0.25) is 5.91 Å². The molecule has 0 fully saturated rings. The molecule has 0 atom stereocenters. The third-order valence-electron chi connectivity index (χ3n) is 2.05. The summed E-state index contributed by atoms with van der Waals surface area (Å²) in [6.45, 7) is 2.00. The first-order valence-electron chi connectivity index (χ1n) is 4.80. The molecule has 2 rings (SSSR count). The summed E-state index contributed by atoms with van der Waals surface area (Å²) in [5.41, 5.74) is 1.52. The highest BCUT2D eigenvalue weighted by Crippen LogP contribution is 2.03. The van der Waals surface area contributed by atoms with Crippen molar-refractivity contribution in [1.82, 2.24) is 20.0 Å². The number of aryl methyl sites for hydroxylation is 1. The topological polar surface area (TPSA) is 72.7 Å². The molecule has 1 amide bonds. The van der Waals surface area contributed by atoms with E-state index < -0.39 is 0 Å². The molecule has 2 aromatic rings. The largest absolute Gasteiger partial charge is 0.323 e. The second-order valence-electron chi connectivity index (χ2n) is 3.32. The molecule has 0 bridgehead atoms. The quantitative estimate of drug-likeness (QED) is 0.818. The van der Waals surface area contributed by atoms with E-state index in [1.165, 1.54) is 4.68 Å². The van der Waals surface area contributed by atoms with Gasteiger partial charge in [-0.25, -0.2) is 4.68 Å². The van der Waals surface area contributed by atoms with Crippen molar-refractivity contribution in [2.75, 3.05) is 5.32 Å². The first-order chi connectivity index (χ1) is 7.75. The Morgan fingerprint density at radius 3 is 3.00 bits per heavy atom. The van der Waals surface area contributed by atoms with E-state index in [1.54, 1.807) is 30.7 Å². The van der Waals surface area contributed by atoms with Crippen LogP contribution in [0.3, 0.4) is 0 Å². The summed E-state index contributed by atoms with van der Waals surface area (Å²) in [5.74, 6) is -0.151. The summed E-state index contributed by atoms with van der Waals surface area (Å²) in [4.78, 5) is 15.5. The second-order valence-corrected chi connectivity index (χ2v) is 3.32. The van der Waals surface area contributed by atoms with Crippen LogP contribution in [0.1, 0.15) is 5.69 Å². The van der Waals surface area contributed by atoms with E-state index in [9.17, 15) is 4.79 Å². The minimum absolute atomic E-state index is 0.151. The predicted molar refractivity (Wildman–Crippen MR) is 57.6 cm³/mol. The second kappa shape index (κ2) is 4.52. The Kier molecular flexibility index (Phi) is 2.90. The van der Waals surface area contributed by atoms with Crippen molar-refractivity contribution in [1.29, 1.82) is 0 Å². The SMILES string of the molecule is Cc1cnnn1CC(=O)Nc1cccnc1. The lowest BCUT2D eigenvalue weighted by Crippen LogP contribution is -2.20. The molecule has 1 N–H and O–H groups in total. The molecule has 0 aliphatic carbocycles. The Balaban J connectivity index is 1.98. The summed E-state index contributed by atoms with van der Waals surface area (Å²) in [6, 6.07) is 3.54. The fourth-order valence-electron chi connectivity index (χ4n) is 1.24. The lowest BCUT2D eigenvalue weighted by Gasteiger charge is -2.04. The number of hydrogen-bond acceptors (Lipinski definition) is 4. The predicted octanol–water partition coefficient (Wildman–Crippen LogP) is 0.620. The van der Waals surface area contributed by atoms with Gasteiger partial charge in [-0.3, -0.25) is 9.78 Å². The number of pyridine rings is 1. The molecule has 0 spiro atoms. The lowest BCUT2D eigenvalue weighted by atomic mass is 10.4. The Labute approximate surface area is 92.3 Å². The van der Waals surface area contributed by atoms with Crippen molar-refractivity contribution in [3.8, 4) is 0 Å². The fraction of sp³-hybridized carbons (Fsp3) is 0.200. The molecule has 0 saturated heterocycles. The summed E-state index contributed by atoms with van der Waals surface area (Å²) in [7, 11) is 0. The number of nitrogens with one attached hydrogen (secondary N) is 1. The number of hydrogen-bond donors (Lipinski definition) is 1. The highest BCUT2D eigenvalue weighted by Gasteiger charge is 2.06. The third-order valence-corrected chi connectivity index (χ3v) is 2.05. The molecule has 2 aromatic heterocycles. The molecule has 6 nitrogen and oxygen atoms in total. The normalized spacial score (nSPS) is 10.1. The molecule has 2 heterocycles. The van der Waals surface area contributed by atoms with E-state index in [0.29, 0.717) is 5.69 Å². The zero-order valence-corrected chi connectivity index (χ0v) is 8.79. The van der Waals surface area contributed by atoms with Crippen molar-refractivity contribution in [2.24, 2.45) is 0 Å². The van der Waals surface area contributed by atoms with Crippen LogP contribution in [0.5, 0.6) is 0 Å². The van der Waals surface area contributed by atoms with Crippen LogP contribution in [0.4, 0.5) is 5.69 Å². The number of amides is 1. The zero-order chi connectivity index (χ0) is 11.4. The molecular formula is C10H11N5O. The minimum Gasteiger partial charge on any atom is -0.323 e. The van der Waals surface area contributed by atoms with Gasteiger partial charge in [0, 0.05) is 6.20 Å². The molecule has 82 valence electrons. The number of rotatable bonds is 3. The van der Waals surface area contributed by atoms with Crippen molar-refractivity contribution >= 4 is 11.6 Å². The lowest BCUT2D eigenvalue weighted by molar-refractivity contribution is -0.117. The Morgan fingerprint density at radius 1 is 1.50 bits per heavy atom.